The van der Waals surface area contributed by atoms with E-state index >= 15 is 0 Å². The molecule has 0 bridgehead atoms. The van der Waals surface area contributed by atoms with Gasteiger partial charge in [0.2, 0.25) is 0 Å². The number of hydrogen-bond acceptors (Lipinski definition) is 3. The highest BCUT2D eigenvalue weighted by atomic mass is 15.2. The van der Waals surface area contributed by atoms with Crippen molar-refractivity contribution in [2.24, 2.45) is 11.7 Å². The van der Waals surface area contributed by atoms with E-state index in [1.165, 1.54) is 80.6 Å². The first-order chi connectivity index (χ1) is 10.4. The number of nitrogens with zero attached hydrogens (tertiary/aromatic N) is 2. The van der Waals surface area contributed by atoms with Gasteiger partial charge in [0.25, 0.3) is 0 Å². The van der Waals surface area contributed by atoms with Crippen LogP contribution in [0.3, 0.4) is 0 Å². The first-order valence-electron chi connectivity index (χ1n) is 8.85. The van der Waals surface area contributed by atoms with E-state index in [-0.39, 0.29) is 0 Å². The van der Waals surface area contributed by atoms with E-state index in [0.717, 1.165) is 18.4 Å². The Labute approximate surface area is 127 Å². The van der Waals surface area contributed by atoms with Crippen molar-refractivity contribution in [3.05, 3.63) is 22.9 Å². The average Bonchev–Trinajstić information content (AvgIpc) is 3.02. The van der Waals surface area contributed by atoms with Crippen molar-refractivity contribution >= 4 is 5.82 Å². The predicted molar refractivity (Wildman–Crippen MR) is 86.5 cm³/mol. The van der Waals surface area contributed by atoms with E-state index in [4.69, 9.17) is 10.7 Å². The summed E-state index contributed by atoms with van der Waals surface area (Å²) in [7, 11) is 0. The van der Waals surface area contributed by atoms with Gasteiger partial charge in [0, 0.05) is 30.4 Å². The van der Waals surface area contributed by atoms with Gasteiger partial charge in [-0.15, -0.1) is 0 Å². The van der Waals surface area contributed by atoms with Gasteiger partial charge in [-0.05, 0) is 68.9 Å². The molecule has 3 heteroatoms. The van der Waals surface area contributed by atoms with Crippen molar-refractivity contribution in [1.82, 2.24) is 4.98 Å². The molecule has 1 aromatic rings. The summed E-state index contributed by atoms with van der Waals surface area (Å²) in [5.74, 6) is 2.14. The molecule has 2 fully saturated rings. The molecule has 2 aliphatic carbocycles. The van der Waals surface area contributed by atoms with E-state index in [9.17, 15) is 0 Å². The van der Waals surface area contributed by atoms with Gasteiger partial charge in [0.05, 0.1) is 0 Å². The van der Waals surface area contributed by atoms with E-state index in [1.54, 1.807) is 0 Å². The second-order valence-corrected chi connectivity index (χ2v) is 7.08. The van der Waals surface area contributed by atoms with Crippen LogP contribution in [0.5, 0.6) is 0 Å². The van der Waals surface area contributed by atoms with Gasteiger partial charge in [-0.3, -0.25) is 0 Å². The summed E-state index contributed by atoms with van der Waals surface area (Å²) in [5.41, 5.74) is 10.2. The quantitative estimate of drug-likeness (QED) is 0.907. The zero-order valence-electron chi connectivity index (χ0n) is 13.0. The van der Waals surface area contributed by atoms with E-state index in [2.05, 4.69) is 11.0 Å². The van der Waals surface area contributed by atoms with Crippen molar-refractivity contribution in [2.45, 2.75) is 70.4 Å². The lowest BCUT2D eigenvalue weighted by molar-refractivity contribution is 0.359. The number of pyridine rings is 1. The van der Waals surface area contributed by atoms with E-state index < -0.39 is 0 Å². The fourth-order valence-electron chi connectivity index (χ4n) is 4.79. The number of aryl methyl sites for hydroxylation is 2. The molecule has 1 saturated heterocycles. The molecular weight excluding hydrogens is 258 g/mol. The zero-order chi connectivity index (χ0) is 14.2. The summed E-state index contributed by atoms with van der Waals surface area (Å²) in [6.45, 7) is 1.81. The molecule has 2 heterocycles. The Morgan fingerprint density at radius 2 is 1.95 bits per heavy atom. The molecule has 1 saturated carbocycles. The first kappa shape index (κ1) is 13.6. The van der Waals surface area contributed by atoms with Gasteiger partial charge in [0.15, 0.2) is 0 Å². The van der Waals surface area contributed by atoms with Crippen LogP contribution in [-0.4, -0.2) is 17.6 Å². The fourth-order valence-corrected chi connectivity index (χ4v) is 4.79. The largest absolute Gasteiger partial charge is 0.353 e. The van der Waals surface area contributed by atoms with Crippen LogP contribution in [0, 0.1) is 5.92 Å². The molecule has 0 aromatic carbocycles. The summed E-state index contributed by atoms with van der Waals surface area (Å²) in [4.78, 5) is 7.74. The number of nitrogens with two attached hydrogens (primary N) is 1. The zero-order valence-corrected chi connectivity index (χ0v) is 13.0. The minimum absolute atomic E-state index is 0.628. The molecule has 1 aromatic heterocycles. The van der Waals surface area contributed by atoms with Crippen LogP contribution >= 0.6 is 0 Å². The van der Waals surface area contributed by atoms with Crippen molar-refractivity contribution < 1.29 is 0 Å². The van der Waals surface area contributed by atoms with Crippen molar-refractivity contribution in [3.63, 3.8) is 0 Å². The Hall–Kier alpha value is -1.09. The van der Waals surface area contributed by atoms with Crippen LogP contribution in [0.4, 0.5) is 5.82 Å². The number of rotatable bonds is 2. The molecule has 0 spiro atoms. The lowest BCUT2D eigenvalue weighted by Gasteiger charge is -2.40. The molecule has 0 radical (unpaired) electrons. The standard InChI is InChI=1S/C18H27N3/c19-12-15-11-14-5-1-2-8-16(14)20-18(15)21-10-4-7-13-6-3-9-17(13)21/h11,13,17H,1-10,12,19H2. The van der Waals surface area contributed by atoms with E-state index in [1.807, 2.05) is 0 Å². The van der Waals surface area contributed by atoms with E-state index in [0.29, 0.717) is 6.54 Å². The van der Waals surface area contributed by atoms with Gasteiger partial charge < -0.3 is 10.6 Å². The number of fused-ring (bicyclic) bond motifs is 2. The molecule has 3 aliphatic rings. The van der Waals surface area contributed by atoms with Crippen LogP contribution in [0.1, 0.15) is 61.8 Å². The summed E-state index contributed by atoms with van der Waals surface area (Å²) in [6.07, 6.45) is 11.9. The second-order valence-electron chi connectivity index (χ2n) is 7.08. The smallest absolute Gasteiger partial charge is 0.133 e. The Morgan fingerprint density at radius 3 is 2.86 bits per heavy atom. The minimum atomic E-state index is 0.628. The lowest BCUT2D eigenvalue weighted by Crippen LogP contribution is -2.44. The van der Waals surface area contributed by atoms with Crippen LogP contribution in [0.2, 0.25) is 0 Å². The summed E-state index contributed by atoms with van der Waals surface area (Å²) >= 11 is 0. The molecule has 21 heavy (non-hydrogen) atoms. The summed E-state index contributed by atoms with van der Waals surface area (Å²) < 4.78 is 0. The highest BCUT2D eigenvalue weighted by Gasteiger charge is 2.36. The highest BCUT2D eigenvalue weighted by molar-refractivity contribution is 5.52. The molecule has 2 unspecified atom stereocenters. The van der Waals surface area contributed by atoms with Crippen LogP contribution in [-0.2, 0) is 19.4 Å². The fraction of sp³-hybridized carbons (Fsp3) is 0.722. The SMILES string of the molecule is NCc1cc2c(nc1N1CCCC3CCCC31)CCCC2. The minimum Gasteiger partial charge on any atom is -0.353 e. The van der Waals surface area contributed by atoms with Crippen molar-refractivity contribution in [3.8, 4) is 0 Å². The van der Waals surface area contributed by atoms with Crippen LogP contribution < -0.4 is 10.6 Å². The molecule has 3 nitrogen and oxygen atoms in total. The first-order valence-corrected chi connectivity index (χ1v) is 8.85. The Kier molecular flexibility index (Phi) is 3.62. The summed E-state index contributed by atoms with van der Waals surface area (Å²) in [6, 6.07) is 3.10. The normalized spacial score (nSPS) is 28.3. The maximum atomic E-state index is 6.06. The van der Waals surface area contributed by atoms with Crippen molar-refractivity contribution in [1.29, 1.82) is 0 Å². The molecule has 2 atom stereocenters. The Balaban J connectivity index is 1.72. The van der Waals surface area contributed by atoms with Gasteiger partial charge >= 0.3 is 0 Å². The maximum Gasteiger partial charge on any atom is 0.133 e. The highest BCUT2D eigenvalue weighted by Crippen LogP contribution is 2.40. The Morgan fingerprint density at radius 1 is 1.10 bits per heavy atom. The van der Waals surface area contributed by atoms with Gasteiger partial charge in [-0.25, -0.2) is 4.98 Å². The third-order valence-electron chi connectivity index (χ3n) is 5.84. The molecule has 1 aliphatic heterocycles. The number of aromatic nitrogens is 1. The number of anilines is 1. The topological polar surface area (TPSA) is 42.1 Å². The van der Waals surface area contributed by atoms with Gasteiger partial charge in [-0.2, -0.15) is 0 Å². The lowest BCUT2D eigenvalue weighted by atomic mass is 9.90. The van der Waals surface area contributed by atoms with Gasteiger partial charge in [-0.1, -0.05) is 6.42 Å². The third-order valence-corrected chi connectivity index (χ3v) is 5.84. The number of hydrogen-bond donors (Lipinski definition) is 1. The van der Waals surface area contributed by atoms with Crippen LogP contribution in [0.25, 0.3) is 0 Å². The predicted octanol–water partition coefficient (Wildman–Crippen LogP) is 3.19. The average molecular weight is 285 g/mol. The van der Waals surface area contributed by atoms with Gasteiger partial charge in [0.1, 0.15) is 5.82 Å². The maximum absolute atomic E-state index is 6.06. The summed E-state index contributed by atoms with van der Waals surface area (Å²) in [5, 5.41) is 0. The Bertz CT molecular complexity index is 525. The van der Waals surface area contributed by atoms with Crippen LogP contribution in [0.15, 0.2) is 6.07 Å². The molecule has 4 rings (SSSR count). The van der Waals surface area contributed by atoms with Crippen molar-refractivity contribution in [2.75, 3.05) is 11.4 Å². The molecule has 0 amide bonds. The molecule has 114 valence electrons. The second kappa shape index (κ2) is 5.60. The monoisotopic (exact) mass is 285 g/mol. The molecule has 2 N–H and O–H groups in total. The molecular formula is C18H27N3. The number of piperidine rings is 1. The third kappa shape index (κ3) is 2.36.